The number of amides is 1. The topological polar surface area (TPSA) is 65.9 Å². The summed E-state index contributed by atoms with van der Waals surface area (Å²) in [6.07, 6.45) is 5.57. The van der Waals surface area contributed by atoms with Gasteiger partial charge in [-0.3, -0.25) is 14.7 Å². The van der Waals surface area contributed by atoms with Crippen LogP contribution >= 0.6 is 0 Å². The van der Waals surface area contributed by atoms with E-state index in [-0.39, 0.29) is 11.3 Å². The van der Waals surface area contributed by atoms with Crippen LogP contribution in [-0.2, 0) is 6.54 Å². The van der Waals surface area contributed by atoms with E-state index in [0.717, 1.165) is 44.6 Å². The van der Waals surface area contributed by atoms with E-state index in [9.17, 15) is 9.90 Å². The molecule has 6 nitrogen and oxygen atoms in total. The first-order valence-electron chi connectivity index (χ1n) is 10.9. The molecule has 1 aromatic heterocycles. The van der Waals surface area contributed by atoms with Crippen LogP contribution < -0.4 is 4.74 Å². The van der Waals surface area contributed by atoms with Gasteiger partial charge in [0.15, 0.2) is 0 Å². The Morgan fingerprint density at radius 2 is 2.10 bits per heavy atom. The van der Waals surface area contributed by atoms with E-state index in [1.54, 1.807) is 24.5 Å². The van der Waals surface area contributed by atoms with E-state index in [4.69, 9.17) is 4.74 Å². The molecule has 0 saturated carbocycles. The van der Waals surface area contributed by atoms with E-state index >= 15 is 0 Å². The van der Waals surface area contributed by atoms with Crippen molar-refractivity contribution >= 4 is 5.91 Å². The lowest BCUT2D eigenvalue weighted by Gasteiger charge is -2.49. The van der Waals surface area contributed by atoms with Crippen molar-refractivity contribution < 1.29 is 14.6 Å². The Hall–Kier alpha value is -2.44. The third kappa shape index (κ3) is 4.82. The summed E-state index contributed by atoms with van der Waals surface area (Å²) in [6, 6.07) is 11.9. The standard InChI is InChI=1S/C24H31N3O3/c1-2-30-22-7-3-5-19(13-22)16-26-11-8-24(9-12-26)14-21(28)17-27(18-24)23(29)20-6-4-10-25-15-20/h3-7,10,13,15,21,28H,2,8-9,11-12,14,16-18H2,1H3. The number of carbonyl (C=O) groups excluding carboxylic acids is 1. The molecule has 1 amide bonds. The van der Waals surface area contributed by atoms with Crippen molar-refractivity contribution in [3.05, 3.63) is 59.9 Å². The molecule has 1 spiro atoms. The smallest absolute Gasteiger partial charge is 0.255 e. The SMILES string of the molecule is CCOc1cccc(CN2CCC3(CC2)CC(O)CN(C(=O)c2cccnc2)C3)c1. The second-order valence-corrected chi connectivity index (χ2v) is 8.64. The number of benzene rings is 1. The number of β-amino-alcohol motifs (C(OH)–C–C–N with tert-alkyl or cyclic N) is 1. The number of carbonyl (C=O) groups is 1. The van der Waals surface area contributed by atoms with E-state index in [1.807, 2.05) is 24.0 Å². The molecule has 2 aliphatic heterocycles. The summed E-state index contributed by atoms with van der Waals surface area (Å²) >= 11 is 0. The zero-order chi connectivity index (χ0) is 21.0. The molecule has 1 aromatic carbocycles. The van der Waals surface area contributed by atoms with Crippen LogP contribution in [0.2, 0.25) is 0 Å². The highest BCUT2D eigenvalue weighted by Crippen LogP contribution is 2.40. The fourth-order valence-corrected chi connectivity index (χ4v) is 4.89. The number of nitrogens with zero attached hydrogens (tertiary/aromatic N) is 3. The predicted molar refractivity (Wildman–Crippen MR) is 115 cm³/mol. The minimum atomic E-state index is -0.464. The molecule has 2 aromatic rings. The first-order chi connectivity index (χ1) is 14.6. The lowest BCUT2D eigenvalue weighted by molar-refractivity contribution is -0.0337. The van der Waals surface area contributed by atoms with Crippen LogP contribution in [0, 0.1) is 5.41 Å². The Bertz CT molecular complexity index is 850. The van der Waals surface area contributed by atoms with E-state index < -0.39 is 6.10 Å². The third-order valence-electron chi connectivity index (χ3n) is 6.35. The van der Waals surface area contributed by atoms with Gasteiger partial charge in [0, 0.05) is 32.0 Å². The number of hydrogen-bond acceptors (Lipinski definition) is 5. The molecule has 160 valence electrons. The number of ether oxygens (including phenoxy) is 1. The monoisotopic (exact) mass is 409 g/mol. The number of aliphatic hydroxyl groups is 1. The van der Waals surface area contributed by atoms with Gasteiger partial charge in [-0.2, -0.15) is 0 Å². The van der Waals surface area contributed by atoms with Gasteiger partial charge in [-0.25, -0.2) is 0 Å². The molecule has 2 saturated heterocycles. The molecule has 0 bridgehead atoms. The van der Waals surface area contributed by atoms with Crippen molar-refractivity contribution in [3.63, 3.8) is 0 Å². The summed E-state index contributed by atoms with van der Waals surface area (Å²) in [7, 11) is 0. The Labute approximate surface area is 178 Å². The lowest BCUT2D eigenvalue weighted by Crippen LogP contribution is -2.55. The molecular formula is C24H31N3O3. The van der Waals surface area contributed by atoms with E-state index in [0.29, 0.717) is 25.3 Å². The van der Waals surface area contributed by atoms with Gasteiger partial charge in [-0.1, -0.05) is 12.1 Å². The lowest BCUT2D eigenvalue weighted by atomic mass is 9.71. The average molecular weight is 410 g/mol. The largest absolute Gasteiger partial charge is 0.494 e. The summed E-state index contributed by atoms with van der Waals surface area (Å²) in [5, 5.41) is 10.5. The highest BCUT2D eigenvalue weighted by molar-refractivity contribution is 5.94. The normalized spacial score (nSPS) is 21.5. The van der Waals surface area contributed by atoms with Crippen molar-refractivity contribution in [2.24, 2.45) is 5.41 Å². The van der Waals surface area contributed by atoms with E-state index in [1.165, 1.54) is 5.56 Å². The third-order valence-corrected chi connectivity index (χ3v) is 6.35. The van der Waals surface area contributed by atoms with Crippen LogP contribution in [0.3, 0.4) is 0 Å². The maximum Gasteiger partial charge on any atom is 0.255 e. The summed E-state index contributed by atoms with van der Waals surface area (Å²) in [5.41, 5.74) is 1.85. The zero-order valence-corrected chi connectivity index (χ0v) is 17.7. The number of hydrogen-bond donors (Lipinski definition) is 1. The first kappa shape index (κ1) is 20.8. The summed E-state index contributed by atoms with van der Waals surface area (Å²) < 4.78 is 5.62. The molecule has 2 aliphatic rings. The van der Waals surface area contributed by atoms with Gasteiger partial charge in [0.25, 0.3) is 5.91 Å². The molecule has 4 rings (SSSR count). The van der Waals surface area contributed by atoms with Crippen LogP contribution in [0.25, 0.3) is 0 Å². The van der Waals surface area contributed by atoms with E-state index in [2.05, 4.69) is 22.0 Å². The molecule has 1 atom stereocenters. The molecule has 0 aliphatic carbocycles. The molecule has 3 heterocycles. The van der Waals surface area contributed by atoms with Crippen molar-refractivity contribution in [1.82, 2.24) is 14.8 Å². The van der Waals surface area contributed by atoms with Gasteiger partial charge in [-0.05, 0) is 74.5 Å². The average Bonchev–Trinajstić information content (AvgIpc) is 2.76. The zero-order valence-electron chi connectivity index (χ0n) is 17.7. The van der Waals surface area contributed by atoms with Gasteiger partial charge >= 0.3 is 0 Å². The first-order valence-corrected chi connectivity index (χ1v) is 10.9. The maximum atomic E-state index is 12.9. The number of aromatic nitrogens is 1. The highest BCUT2D eigenvalue weighted by atomic mass is 16.5. The van der Waals surface area contributed by atoms with Crippen LogP contribution in [0.1, 0.15) is 42.1 Å². The summed E-state index contributed by atoms with van der Waals surface area (Å²) in [6.45, 7) is 6.64. The van der Waals surface area contributed by atoms with Crippen LogP contribution in [-0.4, -0.2) is 64.7 Å². The van der Waals surface area contributed by atoms with Gasteiger partial charge < -0.3 is 14.7 Å². The number of likely N-dealkylation sites (tertiary alicyclic amines) is 2. The van der Waals surface area contributed by atoms with Crippen LogP contribution in [0.15, 0.2) is 48.8 Å². The molecule has 6 heteroatoms. The van der Waals surface area contributed by atoms with Crippen molar-refractivity contribution in [3.8, 4) is 5.75 Å². The van der Waals surface area contributed by atoms with Crippen LogP contribution in [0.4, 0.5) is 0 Å². The summed E-state index contributed by atoms with van der Waals surface area (Å²) in [5.74, 6) is 0.889. The van der Waals surface area contributed by atoms with Gasteiger partial charge in [0.1, 0.15) is 5.75 Å². The number of piperidine rings is 2. The quantitative estimate of drug-likeness (QED) is 0.823. The Morgan fingerprint density at radius 3 is 2.83 bits per heavy atom. The molecule has 1 N–H and O–H groups in total. The molecule has 1 unspecified atom stereocenters. The number of aliphatic hydroxyl groups excluding tert-OH is 1. The predicted octanol–water partition coefficient (Wildman–Crippen LogP) is 2.97. The maximum absolute atomic E-state index is 12.9. The van der Waals surface area contributed by atoms with Crippen LogP contribution in [0.5, 0.6) is 5.75 Å². The second-order valence-electron chi connectivity index (χ2n) is 8.64. The van der Waals surface area contributed by atoms with Crippen molar-refractivity contribution in [2.75, 3.05) is 32.8 Å². The van der Waals surface area contributed by atoms with Gasteiger partial charge in [0.05, 0.1) is 18.3 Å². The Balaban J connectivity index is 1.38. The highest BCUT2D eigenvalue weighted by Gasteiger charge is 2.42. The molecular weight excluding hydrogens is 378 g/mol. The Kier molecular flexibility index (Phi) is 6.35. The number of rotatable bonds is 5. The summed E-state index contributed by atoms with van der Waals surface area (Å²) in [4.78, 5) is 21.3. The minimum absolute atomic E-state index is 0.000788. The minimum Gasteiger partial charge on any atom is -0.494 e. The molecule has 2 fully saturated rings. The van der Waals surface area contributed by atoms with Crippen molar-refractivity contribution in [1.29, 1.82) is 0 Å². The van der Waals surface area contributed by atoms with Crippen molar-refractivity contribution in [2.45, 2.75) is 38.8 Å². The fourth-order valence-electron chi connectivity index (χ4n) is 4.89. The second kappa shape index (κ2) is 9.14. The van der Waals surface area contributed by atoms with Gasteiger partial charge in [-0.15, -0.1) is 0 Å². The number of pyridine rings is 1. The molecule has 30 heavy (non-hydrogen) atoms. The Morgan fingerprint density at radius 1 is 1.27 bits per heavy atom. The fraction of sp³-hybridized carbons (Fsp3) is 0.500. The molecule has 0 radical (unpaired) electrons. The van der Waals surface area contributed by atoms with Gasteiger partial charge in [0.2, 0.25) is 0 Å².